The predicted octanol–water partition coefficient (Wildman–Crippen LogP) is 2.64. The summed E-state index contributed by atoms with van der Waals surface area (Å²) in [6.07, 6.45) is 3.73. The van der Waals surface area contributed by atoms with E-state index in [1.807, 2.05) is 13.0 Å². The Morgan fingerprint density at radius 3 is 3.21 bits per heavy atom. The number of carbonyl (C=O) groups excluding carboxylic acids is 1. The van der Waals surface area contributed by atoms with Crippen LogP contribution in [0.5, 0.6) is 0 Å². The maximum atomic E-state index is 11.4. The van der Waals surface area contributed by atoms with Crippen molar-refractivity contribution in [3.8, 4) is 0 Å². The topological polar surface area (TPSA) is 26.3 Å². The third kappa shape index (κ3) is 1.73. The van der Waals surface area contributed by atoms with Crippen LogP contribution in [0, 0.1) is 0 Å². The van der Waals surface area contributed by atoms with Crippen LogP contribution in [0.25, 0.3) is 6.08 Å². The molecule has 2 rings (SSSR count). The maximum absolute atomic E-state index is 11.4. The molecule has 0 fully saturated rings. The van der Waals surface area contributed by atoms with E-state index in [1.165, 1.54) is 10.4 Å². The van der Waals surface area contributed by atoms with Gasteiger partial charge >= 0.3 is 5.97 Å². The summed E-state index contributed by atoms with van der Waals surface area (Å²) in [5.41, 5.74) is 2.16. The van der Waals surface area contributed by atoms with Gasteiger partial charge in [0.05, 0.1) is 6.61 Å². The lowest BCUT2D eigenvalue weighted by molar-refractivity contribution is -0.138. The van der Waals surface area contributed by atoms with Crippen LogP contribution >= 0.6 is 11.3 Å². The second kappa shape index (κ2) is 3.96. The third-order valence-electron chi connectivity index (χ3n) is 2.29. The fraction of sp³-hybridized carbons (Fsp3) is 0.364. The Bertz CT molecular complexity index is 376. The van der Waals surface area contributed by atoms with Crippen molar-refractivity contribution in [3.05, 3.63) is 27.5 Å². The molecule has 0 radical (unpaired) electrons. The summed E-state index contributed by atoms with van der Waals surface area (Å²) in [5.74, 6) is -0.161. The maximum Gasteiger partial charge on any atom is 0.334 e. The van der Waals surface area contributed by atoms with E-state index in [-0.39, 0.29) is 5.97 Å². The Labute approximate surface area is 87.2 Å². The molecule has 3 heteroatoms. The van der Waals surface area contributed by atoms with Crippen molar-refractivity contribution < 1.29 is 9.53 Å². The normalized spacial score (nSPS) is 14.5. The van der Waals surface area contributed by atoms with Gasteiger partial charge < -0.3 is 4.74 Å². The van der Waals surface area contributed by atoms with Gasteiger partial charge in [-0.3, -0.25) is 0 Å². The average Bonchev–Trinajstić information content (AvgIpc) is 2.64. The van der Waals surface area contributed by atoms with Crippen molar-refractivity contribution in [2.24, 2.45) is 0 Å². The highest BCUT2D eigenvalue weighted by Gasteiger charge is 2.17. The van der Waals surface area contributed by atoms with Crippen molar-refractivity contribution in [1.29, 1.82) is 0 Å². The van der Waals surface area contributed by atoms with Crippen LogP contribution in [0.1, 0.15) is 23.8 Å². The molecule has 2 nitrogen and oxygen atoms in total. The quantitative estimate of drug-likeness (QED) is 0.698. The van der Waals surface area contributed by atoms with Crippen LogP contribution in [0.4, 0.5) is 0 Å². The van der Waals surface area contributed by atoms with Gasteiger partial charge in [0, 0.05) is 10.5 Å². The second-order valence-electron chi connectivity index (χ2n) is 3.20. The predicted molar refractivity (Wildman–Crippen MR) is 57.3 cm³/mol. The Kier molecular flexibility index (Phi) is 2.68. The molecule has 0 aromatic carbocycles. The molecule has 0 atom stereocenters. The summed E-state index contributed by atoms with van der Waals surface area (Å²) in [7, 11) is 0. The molecule has 0 aliphatic heterocycles. The molecular weight excluding hydrogens is 196 g/mol. The van der Waals surface area contributed by atoms with Gasteiger partial charge in [0.15, 0.2) is 0 Å². The molecule has 1 aromatic heterocycles. The zero-order valence-corrected chi connectivity index (χ0v) is 8.89. The molecule has 1 aliphatic carbocycles. The van der Waals surface area contributed by atoms with Crippen molar-refractivity contribution >= 4 is 23.4 Å². The van der Waals surface area contributed by atoms with Gasteiger partial charge in [-0.25, -0.2) is 4.79 Å². The minimum Gasteiger partial charge on any atom is -0.463 e. The number of aryl methyl sites for hydroxylation is 1. The Morgan fingerprint density at radius 1 is 1.57 bits per heavy atom. The van der Waals surface area contributed by atoms with Gasteiger partial charge in [-0.15, -0.1) is 11.3 Å². The molecule has 1 aromatic rings. The largest absolute Gasteiger partial charge is 0.463 e. The van der Waals surface area contributed by atoms with Gasteiger partial charge in [-0.2, -0.15) is 0 Å². The number of fused-ring (bicyclic) bond motifs is 1. The van der Waals surface area contributed by atoms with Gasteiger partial charge in [0.2, 0.25) is 0 Å². The van der Waals surface area contributed by atoms with Crippen LogP contribution in [0.3, 0.4) is 0 Å². The van der Waals surface area contributed by atoms with Crippen molar-refractivity contribution in [2.75, 3.05) is 6.61 Å². The van der Waals surface area contributed by atoms with Crippen LogP contribution in [0.15, 0.2) is 17.0 Å². The molecule has 0 amide bonds. The lowest BCUT2D eigenvalue weighted by Gasteiger charge is -2.11. The Balaban J connectivity index is 2.20. The number of rotatable bonds is 2. The number of hydrogen-bond acceptors (Lipinski definition) is 3. The number of hydrogen-bond donors (Lipinski definition) is 0. The lowest BCUT2D eigenvalue weighted by atomic mass is 9.99. The minimum absolute atomic E-state index is 0.161. The zero-order valence-electron chi connectivity index (χ0n) is 8.08. The fourth-order valence-electron chi connectivity index (χ4n) is 1.57. The van der Waals surface area contributed by atoms with E-state index in [0.29, 0.717) is 6.61 Å². The average molecular weight is 208 g/mol. The summed E-state index contributed by atoms with van der Waals surface area (Å²) in [5, 5.41) is 2.06. The summed E-state index contributed by atoms with van der Waals surface area (Å²) in [6.45, 7) is 2.28. The van der Waals surface area contributed by atoms with E-state index in [2.05, 4.69) is 11.4 Å². The van der Waals surface area contributed by atoms with Crippen LogP contribution < -0.4 is 0 Å². The van der Waals surface area contributed by atoms with Crippen molar-refractivity contribution in [2.45, 2.75) is 19.8 Å². The zero-order chi connectivity index (χ0) is 9.97. The number of ether oxygens (including phenoxy) is 1. The molecule has 0 bridgehead atoms. The molecule has 0 unspecified atom stereocenters. The smallest absolute Gasteiger partial charge is 0.334 e. The standard InChI is InChI=1S/C11H12O2S/c1-2-13-11(12)9-4-3-8-5-6-14-10(8)7-9/h5-7H,2-4H2,1H3. The molecule has 0 saturated heterocycles. The van der Waals surface area contributed by atoms with Gasteiger partial charge in [-0.05, 0) is 42.9 Å². The van der Waals surface area contributed by atoms with Crippen molar-refractivity contribution in [1.82, 2.24) is 0 Å². The Hall–Kier alpha value is -1.09. The lowest BCUT2D eigenvalue weighted by Crippen LogP contribution is -2.10. The van der Waals surface area contributed by atoms with E-state index in [1.54, 1.807) is 11.3 Å². The summed E-state index contributed by atoms with van der Waals surface area (Å²) < 4.78 is 4.97. The molecular formula is C11H12O2S. The van der Waals surface area contributed by atoms with Crippen LogP contribution in [-0.2, 0) is 16.0 Å². The third-order valence-corrected chi connectivity index (χ3v) is 3.19. The summed E-state index contributed by atoms with van der Waals surface area (Å²) >= 11 is 1.68. The molecule has 0 spiro atoms. The first-order valence-corrected chi connectivity index (χ1v) is 5.63. The number of esters is 1. The van der Waals surface area contributed by atoms with Gasteiger partial charge in [0.25, 0.3) is 0 Å². The highest BCUT2D eigenvalue weighted by atomic mass is 32.1. The molecule has 74 valence electrons. The van der Waals surface area contributed by atoms with E-state index in [9.17, 15) is 4.79 Å². The summed E-state index contributed by atoms with van der Waals surface area (Å²) in [4.78, 5) is 12.7. The van der Waals surface area contributed by atoms with E-state index in [0.717, 1.165) is 18.4 Å². The van der Waals surface area contributed by atoms with Gasteiger partial charge in [0.1, 0.15) is 0 Å². The first kappa shape index (κ1) is 9.46. The Morgan fingerprint density at radius 2 is 2.43 bits per heavy atom. The van der Waals surface area contributed by atoms with E-state index < -0.39 is 0 Å². The van der Waals surface area contributed by atoms with Crippen LogP contribution in [-0.4, -0.2) is 12.6 Å². The number of carbonyl (C=O) groups is 1. The van der Waals surface area contributed by atoms with Gasteiger partial charge in [-0.1, -0.05) is 0 Å². The minimum atomic E-state index is -0.161. The first-order valence-electron chi connectivity index (χ1n) is 4.75. The van der Waals surface area contributed by atoms with Crippen LogP contribution in [0.2, 0.25) is 0 Å². The molecule has 1 heterocycles. The second-order valence-corrected chi connectivity index (χ2v) is 4.15. The monoisotopic (exact) mass is 208 g/mol. The highest BCUT2D eigenvalue weighted by molar-refractivity contribution is 7.11. The first-order chi connectivity index (χ1) is 6.81. The highest BCUT2D eigenvalue weighted by Crippen LogP contribution is 2.28. The number of thiophene rings is 1. The molecule has 14 heavy (non-hydrogen) atoms. The fourth-order valence-corrected chi connectivity index (χ4v) is 2.48. The SMILES string of the molecule is CCOC(=O)C1=Cc2sccc2CC1. The van der Waals surface area contributed by atoms with E-state index >= 15 is 0 Å². The molecule has 1 aliphatic rings. The molecule has 0 saturated carbocycles. The molecule has 0 N–H and O–H groups in total. The van der Waals surface area contributed by atoms with Crippen molar-refractivity contribution in [3.63, 3.8) is 0 Å². The summed E-state index contributed by atoms with van der Waals surface area (Å²) in [6, 6.07) is 2.12. The van der Waals surface area contributed by atoms with E-state index in [4.69, 9.17) is 4.74 Å².